The third-order valence-electron chi connectivity index (χ3n) is 10.00. The summed E-state index contributed by atoms with van der Waals surface area (Å²) in [6.07, 6.45) is 0. The second kappa shape index (κ2) is 17.8. The fourth-order valence-corrected chi connectivity index (χ4v) is 12.0. The van der Waals surface area contributed by atoms with E-state index in [1.54, 1.807) is 50.3 Å². The predicted molar refractivity (Wildman–Crippen MR) is 239 cm³/mol. The zero-order valence-electron chi connectivity index (χ0n) is 32.6. The summed E-state index contributed by atoms with van der Waals surface area (Å²) in [6, 6.07) is 25.8. The standard InChI is InChI=1S/C22H25N3O2S2.C20H19Cl2N3O2S2/c1-16-4-6-20(7-5-16)29(26,27)25-10-8-24(9-11-25)22-23-21(15-28-22)19-13-17(2)12-18(3)14-19;1-14-2-4-18(5-3-14)29(26,27)25-8-6-24(7-9-25)20-23-19(13-28-20)15-10-16(21)12-17(22)11-15/h4-7,12-15H,8-11H2,1-3H3;2-5,10-13H,6-9H2,1H3. The monoisotopic (exact) mass is 894 g/mol. The molecule has 4 heterocycles. The minimum Gasteiger partial charge on any atom is -0.345 e. The molecule has 0 radical (unpaired) electrons. The first-order valence-corrected chi connectivity index (χ1v) is 24.1. The van der Waals surface area contributed by atoms with Crippen LogP contribution in [0.3, 0.4) is 0 Å². The van der Waals surface area contributed by atoms with Crippen molar-refractivity contribution >= 4 is 76.2 Å². The molecule has 0 atom stereocenters. The molecule has 6 aromatic rings. The summed E-state index contributed by atoms with van der Waals surface area (Å²) < 4.78 is 54.6. The molecule has 0 saturated carbocycles. The Bertz CT molecular complexity index is 2380. The molecule has 4 aromatic carbocycles. The summed E-state index contributed by atoms with van der Waals surface area (Å²) in [7, 11) is -6.91. The van der Waals surface area contributed by atoms with Gasteiger partial charge in [-0.05, 0) is 82.3 Å². The highest BCUT2D eigenvalue weighted by molar-refractivity contribution is 7.89. The van der Waals surface area contributed by atoms with E-state index in [0.29, 0.717) is 72.2 Å². The number of thiazole rings is 2. The molecule has 0 amide bonds. The number of aryl methyl sites for hydroxylation is 4. The normalized spacial score (nSPS) is 15.6. The van der Waals surface area contributed by atoms with Gasteiger partial charge in [-0.25, -0.2) is 26.8 Å². The number of hydrogen-bond acceptors (Lipinski definition) is 10. The van der Waals surface area contributed by atoms with E-state index in [-0.39, 0.29) is 0 Å². The van der Waals surface area contributed by atoms with Crippen molar-refractivity contribution in [2.75, 3.05) is 62.2 Å². The van der Waals surface area contributed by atoms with Crippen molar-refractivity contribution in [2.24, 2.45) is 0 Å². The Hall–Kier alpha value is -3.86. The van der Waals surface area contributed by atoms with Crippen LogP contribution >= 0.6 is 45.9 Å². The molecule has 16 heteroatoms. The van der Waals surface area contributed by atoms with Crippen molar-refractivity contribution in [1.29, 1.82) is 0 Å². The van der Waals surface area contributed by atoms with Crippen molar-refractivity contribution in [3.05, 3.63) is 128 Å². The van der Waals surface area contributed by atoms with E-state index in [4.69, 9.17) is 33.2 Å². The third-order valence-corrected chi connectivity index (χ3v) is 16.1. The summed E-state index contributed by atoms with van der Waals surface area (Å²) in [6.45, 7) is 12.3. The molecule has 0 bridgehead atoms. The Morgan fingerprint density at radius 2 is 0.845 bits per heavy atom. The maximum atomic E-state index is 12.9. The number of sulfonamides is 2. The number of nitrogens with zero attached hydrogens (tertiary/aromatic N) is 6. The van der Waals surface area contributed by atoms with Gasteiger partial charge in [0.1, 0.15) is 0 Å². The Morgan fingerprint density at radius 1 is 0.483 bits per heavy atom. The van der Waals surface area contributed by atoms with Gasteiger partial charge in [-0.3, -0.25) is 0 Å². The van der Waals surface area contributed by atoms with E-state index in [0.717, 1.165) is 43.9 Å². The first kappa shape index (κ1) is 42.3. The number of benzene rings is 4. The average Bonchev–Trinajstić information content (AvgIpc) is 3.90. The number of rotatable bonds is 8. The summed E-state index contributed by atoms with van der Waals surface area (Å²) in [4.78, 5) is 14.5. The van der Waals surface area contributed by atoms with Gasteiger partial charge < -0.3 is 9.80 Å². The zero-order valence-corrected chi connectivity index (χ0v) is 37.4. The molecule has 0 N–H and O–H groups in total. The molecule has 10 nitrogen and oxygen atoms in total. The van der Waals surface area contributed by atoms with Crippen LogP contribution in [-0.2, 0) is 20.0 Å². The van der Waals surface area contributed by atoms with Crippen molar-refractivity contribution in [3.63, 3.8) is 0 Å². The molecule has 2 aliphatic rings. The largest absolute Gasteiger partial charge is 0.345 e. The molecule has 304 valence electrons. The van der Waals surface area contributed by atoms with Crippen LogP contribution in [-0.4, -0.2) is 87.8 Å². The summed E-state index contributed by atoms with van der Waals surface area (Å²) in [5, 5.41) is 7.00. The zero-order chi connectivity index (χ0) is 41.2. The van der Waals surface area contributed by atoms with Gasteiger partial charge in [0, 0.05) is 84.3 Å². The van der Waals surface area contributed by atoms with Crippen LogP contribution < -0.4 is 9.80 Å². The van der Waals surface area contributed by atoms with Gasteiger partial charge in [0.2, 0.25) is 20.0 Å². The van der Waals surface area contributed by atoms with Gasteiger partial charge in [0.05, 0.1) is 21.2 Å². The molecule has 2 fully saturated rings. The highest BCUT2D eigenvalue weighted by atomic mass is 35.5. The molecule has 8 rings (SSSR count). The van der Waals surface area contributed by atoms with Gasteiger partial charge in [-0.1, -0.05) is 75.8 Å². The second-order valence-corrected chi connectivity index (χ2v) is 20.9. The van der Waals surface area contributed by atoms with Crippen LogP contribution in [0.4, 0.5) is 10.3 Å². The van der Waals surface area contributed by atoms with Crippen LogP contribution in [0.1, 0.15) is 22.3 Å². The lowest BCUT2D eigenvalue weighted by molar-refractivity contribution is 0.384. The molecular weight excluding hydrogens is 852 g/mol. The average molecular weight is 896 g/mol. The minimum absolute atomic E-state index is 0.339. The molecular formula is C42H44Cl2N6O4S4. The predicted octanol–water partition coefficient (Wildman–Crippen LogP) is 9.18. The number of aromatic nitrogens is 2. The summed E-state index contributed by atoms with van der Waals surface area (Å²) in [5.41, 5.74) is 8.33. The summed E-state index contributed by atoms with van der Waals surface area (Å²) >= 11 is 15.3. The molecule has 58 heavy (non-hydrogen) atoms. The molecule has 0 aliphatic carbocycles. The fourth-order valence-electron chi connectivity index (χ4n) is 6.87. The van der Waals surface area contributed by atoms with E-state index in [2.05, 4.69) is 47.2 Å². The van der Waals surface area contributed by atoms with Crippen molar-refractivity contribution in [3.8, 4) is 22.5 Å². The van der Waals surface area contributed by atoms with Gasteiger partial charge in [0.25, 0.3) is 0 Å². The molecule has 0 spiro atoms. The Morgan fingerprint density at radius 3 is 1.22 bits per heavy atom. The van der Waals surface area contributed by atoms with Crippen LogP contribution in [0.2, 0.25) is 10.0 Å². The van der Waals surface area contributed by atoms with Crippen LogP contribution in [0.15, 0.2) is 105 Å². The number of piperazine rings is 2. The lowest BCUT2D eigenvalue weighted by atomic mass is 10.1. The highest BCUT2D eigenvalue weighted by Gasteiger charge is 2.31. The van der Waals surface area contributed by atoms with E-state index < -0.39 is 20.0 Å². The minimum atomic E-state index is -3.47. The fraction of sp³-hybridized carbons (Fsp3) is 0.286. The van der Waals surface area contributed by atoms with Crippen LogP contribution in [0, 0.1) is 27.7 Å². The van der Waals surface area contributed by atoms with Crippen LogP contribution in [0.5, 0.6) is 0 Å². The van der Waals surface area contributed by atoms with E-state index in [1.807, 2.05) is 55.6 Å². The van der Waals surface area contributed by atoms with E-state index in [9.17, 15) is 16.8 Å². The van der Waals surface area contributed by atoms with Crippen molar-refractivity contribution < 1.29 is 16.8 Å². The molecule has 2 aliphatic heterocycles. The lowest BCUT2D eigenvalue weighted by Crippen LogP contribution is -2.48. The van der Waals surface area contributed by atoms with Gasteiger partial charge in [0.15, 0.2) is 10.3 Å². The van der Waals surface area contributed by atoms with Crippen molar-refractivity contribution in [2.45, 2.75) is 37.5 Å². The Kier molecular flexibility index (Phi) is 13.0. The Labute approximate surface area is 359 Å². The third kappa shape index (κ3) is 9.77. The smallest absolute Gasteiger partial charge is 0.243 e. The highest BCUT2D eigenvalue weighted by Crippen LogP contribution is 2.33. The number of anilines is 2. The topological polar surface area (TPSA) is 107 Å². The molecule has 2 aromatic heterocycles. The van der Waals surface area contributed by atoms with Gasteiger partial charge in [-0.2, -0.15) is 8.61 Å². The van der Waals surface area contributed by atoms with E-state index >= 15 is 0 Å². The lowest BCUT2D eigenvalue weighted by Gasteiger charge is -2.33. The second-order valence-electron chi connectivity index (χ2n) is 14.5. The Balaban J connectivity index is 0.000000177. The molecule has 0 unspecified atom stereocenters. The first-order valence-electron chi connectivity index (χ1n) is 18.8. The van der Waals surface area contributed by atoms with Gasteiger partial charge in [-0.15, -0.1) is 22.7 Å². The summed E-state index contributed by atoms with van der Waals surface area (Å²) in [5.74, 6) is 0. The maximum Gasteiger partial charge on any atom is 0.243 e. The maximum absolute atomic E-state index is 12.9. The number of hydrogen-bond donors (Lipinski definition) is 0. The first-order chi connectivity index (χ1) is 27.6. The van der Waals surface area contributed by atoms with Gasteiger partial charge >= 0.3 is 0 Å². The molecule has 2 saturated heterocycles. The number of halogens is 2. The van der Waals surface area contributed by atoms with Crippen LogP contribution in [0.25, 0.3) is 22.5 Å². The quantitative estimate of drug-likeness (QED) is 0.149. The van der Waals surface area contributed by atoms with E-state index in [1.165, 1.54) is 22.5 Å². The van der Waals surface area contributed by atoms with Crippen molar-refractivity contribution in [1.82, 2.24) is 18.6 Å². The SMILES string of the molecule is Cc1ccc(S(=O)(=O)N2CCN(c3nc(-c4cc(C)cc(C)c4)cs3)CC2)cc1.Cc1ccc(S(=O)(=O)N2CCN(c3nc(-c4cc(Cl)cc(Cl)c4)cs3)CC2)cc1.